The molecule has 0 amide bonds. The van der Waals surface area contributed by atoms with Gasteiger partial charge in [0.1, 0.15) is 29.0 Å². The van der Waals surface area contributed by atoms with Crippen LogP contribution in [0.25, 0.3) is 22.3 Å². The van der Waals surface area contributed by atoms with Crippen LogP contribution in [0.2, 0.25) is 0 Å². The number of nitrogens with two attached hydrogens (primary N) is 1. The van der Waals surface area contributed by atoms with E-state index in [9.17, 15) is 26.3 Å². The lowest BCUT2D eigenvalue weighted by Gasteiger charge is -2.20. The van der Waals surface area contributed by atoms with Crippen molar-refractivity contribution in [2.45, 2.75) is 38.2 Å². The molecule has 4 aromatic rings. The number of unbranched alkanes of at least 4 members (excludes halogenated alkanes) is 3. The van der Waals surface area contributed by atoms with Gasteiger partial charge in [-0.3, -0.25) is 0 Å². The predicted octanol–water partition coefficient (Wildman–Crippen LogP) is 8.77. The minimum atomic E-state index is -4.05. The molecule has 4 aromatic carbocycles. The Bertz CT molecular complexity index is 1420. The summed E-state index contributed by atoms with van der Waals surface area (Å²) in [4.78, 5) is 0. The molecule has 4 rings (SSSR count). The highest BCUT2D eigenvalue weighted by atomic mass is 19.3. The fraction of sp³-hybridized carbons (Fsp3) is 0.226. The van der Waals surface area contributed by atoms with Gasteiger partial charge in [0, 0.05) is 17.2 Å². The standard InChI is InChI=1S/C31H27F6NO/c32-23-10-7-21(8-11-23)25-13-9-22(18-28(25)33)26-14-12-24(19-29(26)34)39-31(36,37)27-15-6-20(17-30(27)35)5-3-1-2-4-16-38/h6-15,17-19H,1-5,16,38H2. The molecule has 0 saturated carbocycles. The number of ether oxygens (including phenoxy) is 1. The van der Waals surface area contributed by atoms with Gasteiger partial charge in [-0.1, -0.05) is 43.2 Å². The van der Waals surface area contributed by atoms with Crippen molar-refractivity contribution in [1.82, 2.24) is 0 Å². The molecule has 0 saturated heterocycles. The van der Waals surface area contributed by atoms with Crippen LogP contribution in [0.15, 0.2) is 78.9 Å². The summed E-state index contributed by atoms with van der Waals surface area (Å²) in [7, 11) is 0. The van der Waals surface area contributed by atoms with Crippen molar-refractivity contribution in [3.63, 3.8) is 0 Å². The van der Waals surface area contributed by atoms with E-state index in [0.717, 1.165) is 56.0 Å². The van der Waals surface area contributed by atoms with E-state index < -0.39 is 40.7 Å². The summed E-state index contributed by atoms with van der Waals surface area (Å²) in [5.41, 5.74) is 5.84. The summed E-state index contributed by atoms with van der Waals surface area (Å²) >= 11 is 0. The van der Waals surface area contributed by atoms with Crippen LogP contribution in [0.1, 0.15) is 36.8 Å². The fourth-order valence-electron chi connectivity index (χ4n) is 4.32. The molecule has 0 aliphatic heterocycles. The fourth-order valence-corrected chi connectivity index (χ4v) is 4.32. The summed E-state index contributed by atoms with van der Waals surface area (Å²) in [5, 5.41) is 0. The Morgan fingerprint density at radius 3 is 1.92 bits per heavy atom. The number of benzene rings is 4. The van der Waals surface area contributed by atoms with Crippen LogP contribution in [-0.2, 0) is 12.5 Å². The zero-order valence-corrected chi connectivity index (χ0v) is 21.0. The maximum absolute atomic E-state index is 14.9. The van der Waals surface area contributed by atoms with Crippen molar-refractivity contribution in [1.29, 1.82) is 0 Å². The van der Waals surface area contributed by atoms with Crippen molar-refractivity contribution in [2.75, 3.05) is 6.54 Å². The minimum absolute atomic E-state index is 0.0442. The van der Waals surface area contributed by atoms with E-state index in [-0.39, 0.29) is 16.7 Å². The molecule has 0 bridgehead atoms. The van der Waals surface area contributed by atoms with Crippen molar-refractivity contribution >= 4 is 0 Å². The number of rotatable bonds is 11. The third-order valence-corrected chi connectivity index (χ3v) is 6.39. The molecule has 204 valence electrons. The first-order chi connectivity index (χ1) is 18.7. The molecule has 0 fully saturated rings. The molecule has 0 unspecified atom stereocenters. The Kier molecular flexibility index (Phi) is 8.97. The lowest BCUT2D eigenvalue weighted by molar-refractivity contribution is -0.187. The largest absolute Gasteiger partial charge is 0.429 e. The lowest BCUT2D eigenvalue weighted by Crippen LogP contribution is -2.23. The number of hydrogen-bond acceptors (Lipinski definition) is 2. The highest BCUT2D eigenvalue weighted by Gasteiger charge is 2.38. The normalized spacial score (nSPS) is 11.6. The monoisotopic (exact) mass is 543 g/mol. The van der Waals surface area contributed by atoms with Crippen molar-refractivity contribution in [2.24, 2.45) is 5.73 Å². The Labute approximate surface area is 223 Å². The highest BCUT2D eigenvalue weighted by molar-refractivity contribution is 5.71. The number of alkyl halides is 2. The molecule has 0 atom stereocenters. The number of halogens is 6. The minimum Gasteiger partial charge on any atom is -0.429 e. The van der Waals surface area contributed by atoms with Gasteiger partial charge in [-0.25, -0.2) is 17.6 Å². The van der Waals surface area contributed by atoms with Crippen LogP contribution in [0.3, 0.4) is 0 Å². The van der Waals surface area contributed by atoms with Crippen LogP contribution in [0.4, 0.5) is 26.3 Å². The highest BCUT2D eigenvalue weighted by Crippen LogP contribution is 2.36. The number of aryl methyl sites for hydroxylation is 1. The second-order valence-electron chi connectivity index (χ2n) is 9.23. The molecule has 39 heavy (non-hydrogen) atoms. The van der Waals surface area contributed by atoms with E-state index in [1.54, 1.807) is 0 Å². The van der Waals surface area contributed by atoms with E-state index in [4.69, 9.17) is 5.73 Å². The molecular weight excluding hydrogens is 516 g/mol. The van der Waals surface area contributed by atoms with Gasteiger partial charge in [-0.2, -0.15) is 8.78 Å². The molecule has 2 nitrogen and oxygen atoms in total. The molecule has 0 aliphatic rings. The Hall–Kier alpha value is -3.78. The molecule has 0 aromatic heterocycles. The van der Waals surface area contributed by atoms with Crippen molar-refractivity contribution < 1.29 is 31.1 Å². The van der Waals surface area contributed by atoms with Crippen molar-refractivity contribution in [3.05, 3.63) is 113 Å². The third kappa shape index (κ3) is 7.00. The van der Waals surface area contributed by atoms with Gasteiger partial charge >= 0.3 is 6.11 Å². The summed E-state index contributed by atoms with van der Waals surface area (Å²) in [6, 6.07) is 15.7. The molecule has 2 N–H and O–H groups in total. The van der Waals surface area contributed by atoms with Crippen LogP contribution >= 0.6 is 0 Å². The SMILES string of the molecule is NCCCCCCc1ccc(C(F)(F)Oc2ccc(-c3ccc(-c4ccc(F)cc4)c(F)c3)c(F)c2)c(F)c1. The van der Waals surface area contributed by atoms with Crippen LogP contribution in [-0.4, -0.2) is 6.54 Å². The summed E-state index contributed by atoms with van der Waals surface area (Å²) < 4.78 is 91.6. The van der Waals surface area contributed by atoms with Gasteiger partial charge in [0.05, 0.1) is 5.56 Å². The topological polar surface area (TPSA) is 35.2 Å². The third-order valence-electron chi connectivity index (χ3n) is 6.39. The van der Waals surface area contributed by atoms with Crippen molar-refractivity contribution in [3.8, 4) is 28.0 Å². The van der Waals surface area contributed by atoms with E-state index in [1.807, 2.05) is 0 Å². The summed E-state index contributed by atoms with van der Waals surface area (Å²) in [6.07, 6.45) is 0.0449. The van der Waals surface area contributed by atoms with E-state index >= 15 is 0 Å². The van der Waals surface area contributed by atoms with Crippen LogP contribution in [0.5, 0.6) is 5.75 Å². The van der Waals surface area contributed by atoms with Crippen LogP contribution < -0.4 is 10.5 Å². The van der Waals surface area contributed by atoms with Gasteiger partial charge < -0.3 is 10.5 Å². The zero-order valence-electron chi connectivity index (χ0n) is 21.0. The van der Waals surface area contributed by atoms with Crippen LogP contribution in [0, 0.1) is 23.3 Å². The number of hydrogen-bond donors (Lipinski definition) is 1. The van der Waals surface area contributed by atoms with Gasteiger partial charge in [-0.15, -0.1) is 0 Å². The van der Waals surface area contributed by atoms with E-state index in [2.05, 4.69) is 4.74 Å². The lowest BCUT2D eigenvalue weighted by atomic mass is 9.99. The second-order valence-corrected chi connectivity index (χ2v) is 9.23. The van der Waals surface area contributed by atoms with E-state index in [1.165, 1.54) is 48.5 Å². The summed E-state index contributed by atoms with van der Waals surface area (Å²) in [5.74, 6) is -3.70. The maximum Gasteiger partial charge on any atom is 0.429 e. The first-order valence-electron chi connectivity index (χ1n) is 12.6. The second kappa shape index (κ2) is 12.4. The molecule has 8 heteroatoms. The summed E-state index contributed by atoms with van der Waals surface area (Å²) in [6.45, 7) is 0.607. The molecule has 0 heterocycles. The predicted molar refractivity (Wildman–Crippen MR) is 139 cm³/mol. The molecule has 0 aliphatic carbocycles. The van der Waals surface area contributed by atoms with Gasteiger partial charge in [0.2, 0.25) is 0 Å². The smallest absolute Gasteiger partial charge is 0.429 e. The van der Waals surface area contributed by atoms with Gasteiger partial charge in [0.25, 0.3) is 0 Å². The molecular formula is C31H27F6NO. The quantitative estimate of drug-likeness (QED) is 0.152. The zero-order chi connectivity index (χ0) is 28.0. The Morgan fingerprint density at radius 2 is 1.26 bits per heavy atom. The van der Waals surface area contributed by atoms with E-state index in [0.29, 0.717) is 24.1 Å². The van der Waals surface area contributed by atoms with Gasteiger partial charge in [0.15, 0.2) is 0 Å². The first kappa shape index (κ1) is 28.2. The van der Waals surface area contributed by atoms with Gasteiger partial charge in [-0.05, 0) is 85.0 Å². The Morgan fingerprint density at radius 1 is 0.615 bits per heavy atom. The maximum atomic E-state index is 14.9. The average Bonchev–Trinajstić information content (AvgIpc) is 2.89. The Balaban J connectivity index is 1.47. The molecule has 0 spiro atoms. The molecule has 0 radical (unpaired) electrons. The average molecular weight is 544 g/mol. The first-order valence-corrected chi connectivity index (χ1v) is 12.6.